The maximum atomic E-state index is 10.7. The maximum Gasteiger partial charge on any atom is 0.0670 e. The predicted octanol–water partition coefficient (Wildman–Crippen LogP) is 5.20. The molecule has 3 saturated carbocycles. The Morgan fingerprint density at radius 3 is 2.41 bits per heavy atom. The van der Waals surface area contributed by atoms with Gasteiger partial charge in [-0.3, -0.25) is 0 Å². The van der Waals surface area contributed by atoms with E-state index in [4.69, 9.17) is 4.74 Å². The molecule has 4 rings (SSSR count). The molecule has 4 aliphatic rings. The number of allylic oxidation sites excluding steroid dienone is 1. The number of aliphatic hydroxyl groups excluding tert-OH is 2. The molecule has 1 saturated heterocycles. The van der Waals surface area contributed by atoms with E-state index in [0.29, 0.717) is 41.8 Å². The van der Waals surface area contributed by atoms with Crippen LogP contribution in [0, 0.1) is 46.3 Å². The Morgan fingerprint density at radius 2 is 1.79 bits per heavy atom. The van der Waals surface area contributed by atoms with Gasteiger partial charge in [-0.25, -0.2) is 0 Å². The highest BCUT2D eigenvalue weighted by Gasteiger charge is 2.57. The quantitative estimate of drug-likeness (QED) is 0.619. The van der Waals surface area contributed by atoms with Crippen molar-refractivity contribution in [2.45, 2.75) is 97.9 Å². The molecule has 0 aromatic carbocycles. The molecule has 3 aliphatic carbocycles. The lowest BCUT2D eigenvalue weighted by atomic mass is 9.45. The third kappa shape index (κ3) is 3.74. The van der Waals surface area contributed by atoms with E-state index >= 15 is 0 Å². The van der Waals surface area contributed by atoms with Gasteiger partial charge in [-0.05, 0) is 80.0 Å². The Balaban J connectivity index is 1.56. The lowest BCUT2D eigenvalue weighted by Gasteiger charge is -2.60. The van der Waals surface area contributed by atoms with E-state index in [0.717, 1.165) is 25.2 Å². The molecule has 0 spiro atoms. The van der Waals surface area contributed by atoms with Crippen molar-refractivity contribution in [3.05, 3.63) is 12.2 Å². The van der Waals surface area contributed by atoms with Gasteiger partial charge in [-0.15, -0.1) is 0 Å². The van der Waals surface area contributed by atoms with Crippen LogP contribution in [-0.4, -0.2) is 35.1 Å². The minimum atomic E-state index is -0.377. The average Bonchev–Trinajstić information content (AvgIpc) is 3.43. The molecule has 4 fully saturated rings. The van der Waals surface area contributed by atoms with E-state index in [1.807, 2.05) is 0 Å². The van der Waals surface area contributed by atoms with Crippen molar-refractivity contribution in [1.82, 2.24) is 0 Å². The second-order valence-corrected chi connectivity index (χ2v) is 11.9. The summed E-state index contributed by atoms with van der Waals surface area (Å²) in [6.45, 7) is 11.7. The SMILES string of the molecule is CC(C)C1CC(C=CC2C(C)CCC3C(C)(CO)C(O)CCC23C)C(C2CC2)O1. The molecule has 3 nitrogen and oxygen atoms in total. The Hall–Kier alpha value is -0.380. The van der Waals surface area contributed by atoms with E-state index in [1.165, 1.54) is 25.7 Å². The summed E-state index contributed by atoms with van der Waals surface area (Å²) in [6, 6.07) is 0. The van der Waals surface area contributed by atoms with Gasteiger partial charge in [0.2, 0.25) is 0 Å². The maximum absolute atomic E-state index is 10.7. The molecule has 1 heterocycles. The summed E-state index contributed by atoms with van der Waals surface area (Å²) < 4.78 is 6.51. The first-order valence-corrected chi connectivity index (χ1v) is 12.3. The van der Waals surface area contributed by atoms with E-state index in [2.05, 4.69) is 46.8 Å². The molecule has 0 aromatic heterocycles. The molecule has 9 unspecified atom stereocenters. The fourth-order valence-electron chi connectivity index (χ4n) is 7.41. The molecule has 0 amide bonds. The summed E-state index contributed by atoms with van der Waals surface area (Å²) in [5.41, 5.74) is -0.203. The first-order valence-electron chi connectivity index (χ1n) is 12.3. The highest BCUT2D eigenvalue weighted by Crippen LogP contribution is 2.61. The van der Waals surface area contributed by atoms with Gasteiger partial charge in [0.15, 0.2) is 0 Å². The van der Waals surface area contributed by atoms with Crippen molar-refractivity contribution >= 4 is 0 Å². The molecule has 3 heteroatoms. The fourth-order valence-corrected chi connectivity index (χ4v) is 7.41. The molecular formula is C26H44O3. The van der Waals surface area contributed by atoms with Gasteiger partial charge in [0.1, 0.15) is 0 Å². The van der Waals surface area contributed by atoms with Crippen LogP contribution in [0.1, 0.15) is 79.6 Å². The van der Waals surface area contributed by atoms with Crippen LogP contribution in [0.3, 0.4) is 0 Å². The lowest BCUT2D eigenvalue weighted by Crippen LogP contribution is -2.58. The summed E-state index contributed by atoms with van der Waals surface area (Å²) in [6.07, 6.45) is 13.6. The zero-order chi connectivity index (χ0) is 21.0. The van der Waals surface area contributed by atoms with Gasteiger partial charge >= 0.3 is 0 Å². The van der Waals surface area contributed by atoms with Crippen molar-refractivity contribution in [1.29, 1.82) is 0 Å². The minimum Gasteiger partial charge on any atom is -0.396 e. The third-order valence-electron chi connectivity index (χ3n) is 9.59. The van der Waals surface area contributed by atoms with Crippen LogP contribution in [0.25, 0.3) is 0 Å². The van der Waals surface area contributed by atoms with Crippen molar-refractivity contribution in [3.8, 4) is 0 Å². The van der Waals surface area contributed by atoms with E-state index in [9.17, 15) is 10.2 Å². The Bertz CT molecular complexity index is 611. The van der Waals surface area contributed by atoms with Gasteiger partial charge in [0.05, 0.1) is 24.9 Å². The Kier molecular flexibility index (Phi) is 5.99. The van der Waals surface area contributed by atoms with Crippen LogP contribution >= 0.6 is 0 Å². The number of ether oxygens (including phenoxy) is 1. The molecule has 29 heavy (non-hydrogen) atoms. The monoisotopic (exact) mass is 404 g/mol. The number of fused-ring (bicyclic) bond motifs is 1. The van der Waals surface area contributed by atoms with Crippen molar-refractivity contribution < 1.29 is 14.9 Å². The zero-order valence-electron chi connectivity index (χ0n) is 19.3. The first kappa shape index (κ1) is 21.8. The second kappa shape index (κ2) is 7.95. The summed E-state index contributed by atoms with van der Waals surface area (Å²) in [5, 5.41) is 20.9. The van der Waals surface area contributed by atoms with Crippen LogP contribution in [0.2, 0.25) is 0 Å². The van der Waals surface area contributed by atoms with Gasteiger partial charge in [0.25, 0.3) is 0 Å². The Morgan fingerprint density at radius 1 is 1.07 bits per heavy atom. The lowest BCUT2D eigenvalue weighted by molar-refractivity contribution is -0.162. The van der Waals surface area contributed by atoms with Crippen LogP contribution in [0.5, 0.6) is 0 Å². The van der Waals surface area contributed by atoms with Gasteiger partial charge in [-0.1, -0.05) is 46.8 Å². The number of hydrogen-bond donors (Lipinski definition) is 2. The summed E-state index contributed by atoms with van der Waals surface area (Å²) in [7, 11) is 0. The topological polar surface area (TPSA) is 49.7 Å². The number of aliphatic hydroxyl groups is 2. The summed E-state index contributed by atoms with van der Waals surface area (Å²) >= 11 is 0. The van der Waals surface area contributed by atoms with Crippen molar-refractivity contribution in [3.63, 3.8) is 0 Å². The highest BCUT2D eigenvalue weighted by atomic mass is 16.5. The predicted molar refractivity (Wildman–Crippen MR) is 117 cm³/mol. The van der Waals surface area contributed by atoms with Crippen molar-refractivity contribution in [2.24, 2.45) is 46.3 Å². The van der Waals surface area contributed by atoms with Crippen LogP contribution in [-0.2, 0) is 4.74 Å². The van der Waals surface area contributed by atoms with E-state index < -0.39 is 0 Å². The average molecular weight is 405 g/mol. The Labute approximate surface area is 178 Å². The second-order valence-electron chi connectivity index (χ2n) is 11.9. The number of hydrogen-bond acceptors (Lipinski definition) is 3. The largest absolute Gasteiger partial charge is 0.396 e. The molecule has 0 radical (unpaired) electrons. The fraction of sp³-hybridized carbons (Fsp3) is 0.923. The highest BCUT2D eigenvalue weighted by molar-refractivity contribution is 5.13. The molecular weight excluding hydrogens is 360 g/mol. The van der Waals surface area contributed by atoms with E-state index in [1.54, 1.807) is 0 Å². The molecule has 1 aliphatic heterocycles. The zero-order valence-corrected chi connectivity index (χ0v) is 19.3. The molecule has 2 N–H and O–H groups in total. The van der Waals surface area contributed by atoms with Gasteiger partial charge in [0, 0.05) is 11.3 Å². The van der Waals surface area contributed by atoms with Crippen LogP contribution in [0.4, 0.5) is 0 Å². The molecule has 9 atom stereocenters. The standard InChI is InChI=1S/C26H44O3/c1-16(2)21-14-19(24(29-21)18-7-8-18)9-10-20-17(3)6-11-22-25(20,4)13-12-23(28)26(22,5)15-27/h9-10,16-24,27-28H,6-8,11-15H2,1-5H3. The number of rotatable bonds is 5. The van der Waals surface area contributed by atoms with Crippen LogP contribution < -0.4 is 0 Å². The van der Waals surface area contributed by atoms with Crippen LogP contribution in [0.15, 0.2) is 12.2 Å². The molecule has 0 aromatic rings. The van der Waals surface area contributed by atoms with Crippen molar-refractivity contribution in [2.75, 3.05) is 6.61 Å². The molecule has 0 bridgehead atoms. The van der Waals surface area contributed by atoms with Gasteiger partial charge < -0.3 is 14.9 Å². The minimum absolute atomic E-state index is 0.0928. The molecule has 166 valence electrons. The normalized spacial score (nSPS) is 51.0. The van der Waals surface area contributed by atoms with Gasteiger partial charge in [-0.2, -0.15) is 0 Å². The first-order chi connectivity index (χ1) is 13.7. The summed E-state index contributed by atoms with van der Waals surface area (Å²) in [4.78, 5) is 0. The smallest absolute Gasteiger partial charge is 0.0670 e. The van der Waals surface area contributed by atoms with E-state index in [-0.39, 0.29) is 23.5 Å². The summed E-state index contributed by atoms with van der Waals surface area (Å²) in [5.74, 6) is 3.51. The third-order valence-corrected chi connectivity index (χ3v) is 9.59.